The summed E-state index contributed by atoms with van der Waals surface area (Å²) in [4.78, 5) is 16.2. The Hall–Kier alpha value is -2.62. The predicted molar refractivity (Wildman–Crippen MR) is 85.9 cm³/mol. The van der Waals surface area contributed by atoms with Crippen LogP contribution in [0.4, 0.5) is 0 Å². The average Bonchev–Trinajstić information content (AvgIpc) is 3.08. The van der Waals surface area contributed by atoms with Crippen molar-refractivity contribution in [3.63, 3.8) is 0 Å². The first kappa shape index (κ1) is 14.3. The number of rotatable bonds is 4. The van der Waals surface area contributed by atoms with Crippen LogP contribution in [0.3, 0.4) is 0 Å². The van der Waals surface area contributed by atoms with Crippen molar-refractivity contribution in [2.24, 2.45) is 0 Å². The molecule has 22 heavy (non-hydrogen) atoms. The van der Waals surface area contributed by atoms with Crippen LogP contribution in [-0.4, -0.2) is 24.0 Å². The molecular formula is C18H18N2O2. The van der Waals surface area contributed by atoms with Gasteiger partial charge >= 0.3 is 0 Å². The SMILES string of the molecule is COc1cnccc1-c1ccc(C(=O)NC2C=CCC2)cc1. The van der Waals surface area contributed by atoms with E-state index in [2.05, 4.69) is 16.4 Å². The van der Waals surface area contributed by atoms with E-state index in [-0.39, 0.29) is 11.9 Å². The second kappa shape index (κ2) is 6.43. The molecule has 4 heteroatoms. The number of hydrogen-bond acceptors (Lipinski definition) is 3. The molecule has 0 radical (unpaired) electrons. The molecule has 1 aliphatic rings. The van der Waals surface area contributed by atoms with Gasteiger partial charge in [0.2, 0.25) is 0 Å². The Kier molecular flexibility index (Phi) is 4.19. The van der Waals surface area contributed by atoms with Gasteiger partial charge in [0, 0.05) is 23.4 Å². The van der Waals surface area contributed by atoms with Crippen LogP contribution in [0.15, 0.2) is 54.9 Å². The summed E-state index contributed by atoms with van der Waals surface area (Å²) < 4.78 is 5.32. The van der Waals surface area contributed by atoms with E-state index in [4.69, 9.17) is 4.74 Å². The van der Waals surface area contributed by atoms with E-state index >= 15 is 0 Å². The fourth-order valence-corrected chi connectivity index (χ4v) is 2.59. The lowest BCUT2D eigenvalue weighted by Crippen LogP contribution is -2.31. The van der Waals surface area contributed by atoms with Crippen LogP contribution in [0.2, 0.25) is 0 Å². The van der Waals surface area contributed by atoms with Gasteiger partial charge < -0.3 is 10.1 Å². The summed E-state index contributed by atoms with van der Waals surface area (Å²) >= 11 is 0. The van der Waals surface area contributed by atoms with Gasteiger partial charge in [-0.15, -0.1) is 0 Å². The molecule has 0 bridgehead atoms. The molecule has 112 valence electrons. The highest BCUT2D eigenvalue weighted by Crippen LogP contribution is 2.28. The maximum absolute atomic E-state index is 12.2. The number of ether oxygens (including phenoxy) is 1. The molecule has 1 atom stereocenters. The zero-order valence-corrected chi connectivity index (χ0v) is 12.5. The summed E-state index contributed by atoms with van der Waals surface area (Å²) in [5, 5.41) is 3.02. The summed E-state index contributed by atoms with van der Waals surface area (Å²) in [6, 6.07) is 9.59. The quantitative estimate of drug-likeness (QED) is 0.881. The summed E-state index contributed by atoms with van der Waals surface area (Å²) in [5.41, 5.74) is 2.62. The first-order valence-electron chi connectivity index (χ1n) is 7.34. The van der Waals surface area contributed by atoms with Gasteiger partial charge in [0.1, 0.15) is 5.75 Å². The van der Waals surface area contributed by atoms with Crippen LogP contribution in [0, 0.1) is 0 Å². The van der Waals surface area contributed by atoms with Crippen molar-refractivity contribution in [3.8, 4) is 16.9 Å². The van der Waals surface area contributed by atoms with Crippen molar-refractivity contribution in [2.45, 2.75) is 18.9 Å². The highest BCUT2D eigenvalue weighted by molar-refractivity contribution is 5.95. The van der Waals surface area contributed by atoms with Gasteiger partial charge in [-0.2, -0.15) is 0 Å². The monoisotopic (exact) mass is 294 g/mol. The normalized spacial score (nSPS) is 16.5. The Morgan fingerprint density at radius 2 is 2.09 bits per heavy atom. The molecule has 0 spiro atoms. The van der Waals surface area contributed by atoms with Gasteiger partial charge in [-0.05, 0) is 36.6 Å². The second-order valence-corrected chi connectivity index (χ2v) is 5.24. The topological polar surface area (TPSA) is 51.2 Å². The summed E-state index contributed by atoms with van der Waals surface area (Å²) in [6.45, 7) is 0. The smallest absolute Gasteiger partial charge is 0.251 e. The van der Waals surface area contributed by atoms with Crippen LogP contribution in [-0.2, 0) is 0 Å². The molecule has 3 rings (SSSR count). The standard InChI is InChI=1S/C18H18N2O2/c1-22-17-12-19-11-10-16(17)13-6-8-14(9-7-13)18(21)20-15-4-2-3-5-15/h2,4,6-12,15H,3,5H2,1H3,(H,20,21). The molecule has 2 aromatic rings. The molecule has 1 aromatic carbocycles. The third-order valence-corrected chi connectivity index (χ3v) is 3.79. The first-order chi connectivity index (χ1) is 10.8. The van der Waals surface area contributed by atoms with Crippen molar-refractivity contribution >= 4 is 5.91 Å². The minimum Gasteiger partial charge on any atom is -0.494 e. The van der Waals surface area contributed by atoms with Crippen molar-refractivity contribution in [1.29, 1.82) is 0 Å². The Morgan fingerprint density at radius 3 is 2.77 bits per heavy atom. The van der Waals surface area contributed by atoms with Gasteiger partial charge in [-0.3, -0.25) is 9.78 Å². The number of carbonyl (C=O) groups excluding carboxylic acids is 1. The molecule has 0 saturated carbocycles. The van der Waals surface area contributed by atoms with Crippen LogP contribution in [0.25, 0.3) is 11.1 Å². The van der Waals surface area contributed by atoms with Crippen molar-refractivity contribution in [1.82, 2.24) is 10.3 Å². The number of amides is 1. The highest BCUT2D eigenvalue weighted by atomic mass is 16.5. The third kappa shape index (κ3) is 3.01. The lowest BCUT2D eigenvalue weighted by molar-refractivity contribution is 0.0944. The van der Waals surface area contributed by atoms with Gasteiger partial charge in [0.05, 0.1) is 13.3 Å². The zero-order chi connectivity index (χ0) is 15.4. The van der Waals surface area contributed by atoms with E-state index in [0.717, 1.165) is 29.7 Å². The molecule has 4 nitrogen and oxygen atoms in total. The minimum atomic E-state index is -0.0372. The average molecular weight is 294 g/mol. The number of nitrogens with one attached hydrogen (secondary N) is 1. The molecule has 0 aliphatic heterocycles. The van der Waals surface area contributed by atoms with Gasteiger partial charge in [-0.1, -0.05) is 24.3 Å². The number of benzene rings is 1. The van der Waals surface area contributed by atoms with E-state index in [1.54, 1.807) is 19.5 Å². The van der Waals surface area contributed by atoms with E-state index in [1.807, 2.05) is 36.4 Å². The minimum absolute atomic E-state index is 0.0372. The van der Waals surface area contributed by atoms with E-state index in [0.29, 0.717) is 5.56 Å². The molecule has 1 aliphatic carbocycles. The molecular weight excluding hydrogens is 276 g/mol. The summed E-state index contributed by atoms with van der Waals surface area (Å²) in [7, 11) is 1.62. The number of hydrogen-bond donors (Lipinski definition) is 1. The Morgan fingerprint density at radius 1 is 1.27 bits per heavy atom. The summed E-state index contributed by atoms with van der Waals surface area (Å²) in [5.74, 6) is 0.681. The van der Waals surface area contributed by atoms with Gasteiger partial charge in [-0.25, -0.2) is 0 Å². The van der Waals surface area contributed by atoms with Crippen LogP contribution in [0.5, 0.6) is 5.75 Å². The number of methoxy groups -OCH3 is 1. The highest BCUT2D eigenvalue weighted by Gasteiger charge is 2.14. The maximum atomic E-state index is 12.2. The molecule has 1 N–H and O–H groups in total. The van der Waals surface area contributed by atoms with Gasteiger partial charge in [0.15, 0.2) is 0 Å². The number of aromatic nitrogens is 1. The second-order valence-electron chi connectivity index (χ2n) is 5.24. The lowest BCUT2D eigenvalue weighted by Gasteiger charge is -2.11. The molecule has 0 saturated heterocycles. The van der Waals surface area contributed by atoms with E-state index < -0.39 is 0 Å². The number of nitrogens with zero attached hydrogens (tertiary/aromatic N) is 1. The zero-order valence-electron chi connectivity index (χ0n) is 12.5. The largest absolute Gasteiger partial charge is 0.494 e. The molecule has 1 aromatic heterocycles. The van der Waals surface area contributed by atoms with E-state index in [9.17, 15) is 4.79 Å². The van der Waals surface area contributed by atoms with Crippen molar-refractivity contribution in [3.05, 3.63) is 60.4 Å². The number of allylic oxidation sites excluding steroid dienone is 1. The van der Waals surface area contributed by atoms with Gasteiger partial charge in [0.25, 0.3) is 5.91 Å². The molecule has 1 amide bonds. The lowest BCUT2D eigenvalue weighted by atomic mass is 10.0. The third-order valence-electron chi connectivity index (χ3n) is 3.79. The Labute approximate surface area is 129 Å². The fraction of sp³-hybridized carbons (Fsp3) is 0.222. The Balaban J connectivity index is 1.77. The molecule has 1 unspecified atom stereocenters. The van der Waals surface area contributed by atoms with Crippen molar-refractivity contribution in [2.75, 3.05) is 7.11 Å². The number of pyridine rings is 1. The number of carbonyl (C=O) groups is 1. The maximum Gasteiger partial charge on any atom is 0.251 e. The van der Waals surface area contributed by atoms with E-state index in [1.165, 1.54) is 0 Å². The molecule has 1 heterocycles. The Bertz CT molecular complexity index is 692. The van der Waals surface area contributed by atoms with Crippen molar-refractivity contribution < 1.29 is 9.53 Å². The summed E-state index contributed by atoms with van der Waals surface area (Å²) in [6.07, 6.45) is 9.58. The van der Waals surface area contributed by atoms with Crippen LogP contribution >= 0.6 is 0 Å². The fourth-order valence-electron chi connectivity index (χ4n) is 2.59. The molecule has 0 fully saturated rings. The van der Waals surface area contributed by atoms with Crippen LogP contribution < -0.4 is 10.1 Å². The van der Waals surface area contributed by atoms with Crippen LogP contribution in [0.1, 0.15) is 23.2 Å². The first-order valence-corrected chi connectivity index (χ1v) is 7.34. The predicted octanol–water partition coefficient (Wildman–Crippen LogP) is 3.21.